The van der Waals surface area contributed by atoms with E-state index in [1.54, 1.807) is 48.5 Å². The maximum atomic E-state index is 12.4. The molecule has 2 heterocycles. The van der Waals surface area contributed by atoms with Crippen LogP contribution in [0.15, 0.2) is 82.0 Å². The van der Waals surface area contributed by atoms with E-state index in [0.717, 1.165) is 5.56 Å². The third-order valence-corrected chi connectivity index (χ3v) is 5.31. The number of pyridine rings is 1. The number of hydrogen-bond donors (Lipinski definition) is 1. The van der Waals surface area contributed by atoms with Gasteiger partial charge in [0.05, 0.1) is 22.7 Å². The highest BCUT2D eigenvalue weighted by Gasteiger charge is 2.20. The lowest BCUT2D eigenvalue weighted by Crippen LogP contribution is -2.13. The summed E-state index contributed by atoms with van der Waals surface area (Å²) in [7, 11) is -3.74. The number of fused-ring (bicyclic) bond motifs is 1. The van der Waals surface area contributed by atoms with Crippen molar-refractivity contribution in [2.75, 3.05) is 4.72 Å². The lowest BCUT2D eigenvalue weighted by molar-refractivity contribution is -0.131. The zero-order valence-corrected chi connectivity index (χ0v) is 15.3. The average Bonchev–Trinajstić information content (AvgIpc) is 3.06. The Hall–Kier alpha value is -3.59. The Kier molecular flexibility index (Phi) is 4.58. The van der Waals surface area contributed by atoms with Gasteiger partial charge < -0.3 is 4.74 Å². The van der Waals surface area contributed by atoms with Crippen molar-refractivity contribution in [3.8, 4) is 5.75 Å². The second-order valence-corrected chi connectivity index (χ2v) is 7.64. The molecule has 0 saturated carbocycles. The Balaban J connectivity index is 1.48. The fourth-order valence-electron chi connectivity index (χ4n) is 2.61. The fourth-order valence-corrected chi connectivity index (χ4v) is 3.62. The van der Waals surface area contributed by atoms with Gasteiger partial charge in [0.25, 0.3) is 10.0 Å². The zero-order chi connectivity index (χ0) is 19.6. The molecule has 0 atom stereocenters. The lowest BCUT2D eigenvalue weighted by atomic mass is 10.1. The summed E-state index contributed by atoms with van der Waals surface area (Å²) < 4.78 is 32.2. The van der Waals surface area contributed by atoms with E-state index in [-0.39, 0.29) is 23.1 Å². The second kappa shape index (κ2) is 7.20. The van der Waals surface area contributed by atoms with Gasteiger partial charge in [-0.2, -0.15) is 10.2 Å². The van der Waals surface area contributed by atoms with E-state index in [0.29, 0.717) is 17.1 Å². The summed E-state index contributed by atoms with van der Waals surface area (Å²) in [6.07, 6.45) is 1.72. The number of ether oxygens (including phenoxy) is 1. The van der Waals surface area contributed by atoms with Gasteiger partial charge in [-0.3, -0.25) is 9.52 Å². The van der Waals surface area contributed by atoms with Crippen LogP contribution < -0.4 is 9.46 Å². The molecule has 8 nitrogen and oxygen atoms in total. The zero-order valence-electron chi connectivity index (χ0n) is 14.4. The topological polar surface area (TPSA) is 110 Å². The van der Waals surface area contributed by atoms with Crippen molar-refractivity contribution in [1.82, 2.24) is 4.98 Å². The molecule has 0 fully saturated rings. The molecule has 1 aliphatic rings. The van der Waals surface area contributed by atoms with Crippen LogP contribution in [0.4, 0.5) is 17.2 Å². The van der Waals surface area contributed by atoms with Crippen LogP contribution in [0, 0.1) is 0 Å². The molecule has 0 unspecified atom stereocenters. The van der Waals surface area contributed by atoms with Crippen molar-refractivity contribution in [1.29, 1.82) is 0 Å². The van der Waals surface area contributed by atoms with E-state index < -0.39 is 10.0 Å². The van der Waals surface area contributed by atoms with Crippen LogP contribution in [0.1, 0.15) is 5.56 Å². The first-order valence-corrected chi connectivity index (χ1v) is 9.77. The first kappa shape index (κ1) is 17.8. The molecule has 0 amide bonds. The molecule has 0 radical (unpaired) electrons. The molecule has 140 valence electrons. The molecule has 9 heteroatoms. The molecule has 0 bridgehead atoms. The molecular formula is C19H14N4O4S. The third kappa shape index (κ3) is 3.89. The first-order valence-electron chi connectivity index (χ1n) is 8.29. The summed E-state index contributed by atoms with van der Waals surface area (Å²) in [5, 5.41) is 8.22. The van der Waals surface area contributed by atoms with Crippen molar-refractivity contribution < 1.29 is 17.9 Å². The maximum Gasteiger partial charge on any atom is 0.315 e. The minimum absolute atomic E-state index is 0.0882. The van der Waals surface area contributed by atoms with Gasteiger partial charge in [0.2, 0.25) is 0 Å². The van der Waals surface area contributed by atoms with E-state index in [1.807, 2.05) is 0 Å². The molecule has 0 aliphatic carbocycles. The molecular weight excluding hydrogens is 380 g/mol. The summed E-state index contributed by atoms with van der Waals surface area (Å²) in [5.74, 6) is 0.490. The molecule has 1 N–H and O–H groups in total. The summed E-state index contributed by atoms with van der Waals surface area (Å²) in [6.45, 7) is 0. The normalized spacial score (nSPS) is 13.4. The number of anilines is 1. The Morgan fingerprint density at radius 2 is 1.71 bits per heavy atom. The Morgan fingerprint density at radius 3 is 2.46 bits per heavy atom. The minimum Gasteiger partial charge on any atom is -0.426 e. The second-order valence-electron chi connectivity index (χ2n) is 5.96. The number of azo groups is 1. The largest absolute Gasteiger partial charge is 0.426 e. The monoisotopic (exact) mass is 394 g/mol. The molecule has 1 aliphatic heterocycles. The fraction of sp³-hybridized carbons (Fsp3) is 0.0526. The standard InChI is InChI=1S/C19H14N4O4S/c24-19-12-13-11-15(6-9-17(13)27-19)22-21-14-4-7-16(8-5-14)28(25,26)23-18-3-1-2-10-20-18/h1-11H,12H2,(H,20,23). The number of rotatable bonds is 5. The number of hydrogen-bond acceptors (Lipinski definition) is 7. The number of nitrogens with one attached hydrogen (secondary N) is 1. The molecule has 1 aromatic heterocycles. The number of nitrogens with zero attached hydrogens (tertiary/aromatic N) is 3. The highest BCUT2D eigenvalue weighted by Crippen LogP contribution is 2.30. The summed E-state index contributed by atoms with van der Waals surface area (Å²) in [6, 6.07) is 16.0. The molecule has 2 aromatic carbocycles. The SMILES string of the molecule is O=C1Cc2cc(N=Nc3ccc(S(=O)(=O)Nc4ccccn4)cc3)ccc2O1. The van der Waals surface area contributed by atoms with Crippen LogP contribution in [0.5, 0.6) is 5.75 Å². The molecule has 28 heavy (non-hydrogen) atoms. The molecule has 4 rings (SSSR count). The number of aromatic nitrogens is 1. The highest BCUT2D eigenvalue weighted by molar-refractivity contribution is 7.92. The Morgan fingerprint density at radius 1 is 0.964 bits per heavy atom. The average molecular weight is 394 g/mol. The van der Waals surface area contributed by atoms with Crippen molar-refractivity contribution in [2.24, 2.45) is 10.2 Å². The van der Waals surface area contributed by atoms with Crippen molar-refractivity contribution in [2.45, 2.75) is 11.3 Å². The van der Waals surface area contributed by atoms with E-state index in [4.69, 9.17) is 4.74 Å². The van der Waals surface area contributed by atoms with Gasteiger partial charge in [0.1, 0.15) is 11.6 Å². The van der Waals surface area contributed by atoms with Gasteiger partial charge in [-0.25, -0.2) is 13.4 Å². The number of benzene rings is 2. The summed E-state index contributed by atoms with van der Waals surface area (Å²) in [4.78, 5) is 15.3. The maximum absolute atomic E-state index is 12.4. The predicted octanol–water partition coefficient (Wildman–Crippen LogP) is 3.76. The number of carbonyl (C=O) groups is 1. The van der Waals surface area contributed by atoms with Gasteiger partial charge >= 0.3 is 5.97 Å². The van der Waals surface area contributed by atoms with Crippen molar-refractivity contribution in [3.05, 3.63) is 72.4 Å². The van der Waals surface area contributed by atoms with Gasteiger partial charge in [0.15, 0.2) is 0 Å². The number of sulfonamides is 1. The van der Waals surface area contributed by atoms with Crippen LogP contribution >= 0.6 is 0 Å². The third-order valence-electron chi connectivity index (χ3n) is 3.93. The van der Waals surface area contributed by atoms with Gasteiger partial charge in [0, 0.05) is 11.8 Å². The smallest absolute Gasteiger partial charge is 0.315 e. The van der Waals surface area contributed by atoms with E-state index in [1.165, 1.54) is 18.3 Å². The van der Waals surface area contributed by atoms with Crippen LogP contribution in [0.25, 0.3) is 0 Å². The number of carbonyl (C=O) groups excluding carboxylic acids is 1. The van der Waals surface area contributed by atoms with Gasteiger partial charge in [-0.15, -0.1) is 0 Å². The van der Waals surface area contributed by atoms with Crippen LogP contribution in [0.2, 0.25) is 0 Å². The molecule has 3 aromatic rings. The first-order chi connectivity index (χ1) is 13.5. The number of esters is 1. The minimum atomic E-state index is -3.74. The van der Waals surface area contributed by atoms with E-state index in [9.17, 15) is 13.2 Å². The van der Waals surface area contributed by atoms with Crippen LogP contribution in [-0.4, -0.2) is 19.4 Å². The van der Waals surface area contributed by atoms with Crippen molar-refractivity contribution in [3.63, 3.8) is 0 Å². The van der Waals surface area contributed by atoms with Crippen molar-refractivity contribution >= 4 is 33.2 Å². The Bertz CT molecular complexity index is 1160. The van der Waals surface area contributed by atoms with E-state index >= 15 is 0 Å². The molecule has 0 saturated heterocycles. The van der Waals surface area contributed by atoms with Gasteiger partial charge in [-0.1, -0.05) is 6.07 Å². The quantitative estimate of drug-likeness (QED) is 0.402. The Labute approximate surface area is 161 Å². The summed E-state index contributed by atoms with van der Waals surface area (Å²) >= 11 is 0. The lowest BCUT2D eigenvalue weighted by Gasteiger charge is -2.06. The van der Waals surface area contributed by atoms with Crippen LogP contribution in [-0.2, 0) is 21.2 Å². The predicted molar refractivity (Wildman–Crippen MR) is 101 cm³/mol. The summed E-state index contributed by atoms with van der Waals surface area (Å²) in [5.41, 5.74) is 1.83. The van der Waals surface area contributed by atoms with Crippen LogP contribution in [0.3, 0.4) is 0 Å². The highest BCUT2D eigenvalue weighted by atomic mass is 32.2. The van der Waals surface area contributed by atoms with Gasteiger partial charge in [-0.05, 0) is 54.6 Å². The van der Waals surface area contributed by atoms with E-state index in [2.05, 4.69) is 19.9 Å². The molecule has 0 spiro atoms.